The minimum Gasteiger partial charge on any atom is -0.455 e. The molecule has 1 unspecified atom stereocenters. The van der Waals surface area contributed by atoms with Crippen molar-refractivity contribution in [3.05, 3.63) is 54.6 Å². The Labute approximate surface area is 129 Å². The van der Waals surface area contributed by atoms with Crippen LogP contribution >= 0.6 is 11.8 Å². The van der Waals surface area contributed by atoms with Crippen LogP contribution < -0.4 is 10.1 Å². The van der Waals surface area contributed by atoms with E-state index in [2.05, 4.69) is 17.2 Å². The van der Waals surface area contributed by atoms with Crippen molar-refractivity contribution in [3.63, 3.8) is 0 Å². The van der Waals surface area contributed by atoms with Crippen molar-refractivity contribution in [2.45, 2.75) is 19.4 Å². The zero-order valence-corrected chi connectivity index (χ0v) is 12.8. The lowest BCUT2D eigenvalue weighted by molar-refractivity contribution is 0.485. The average molecular weight is 298 g/mol. The Kier molecular flexibility index (Phi) is 4.46. The molecule has 1 aliphatic rings. The Morgan fingerprint density at radius 3 is 2.67 bits per heavy atom. The molecule has 0 saturated carbocycles. The first-order valence-electron chi connectivity index (χ1n) is 7.11. The summed E-state index contributed by atoms with van der Waals surface area (Å²) in [6, 6.07) is 18.1. The largest absolute Gasteiger partial charge is 0.455 e. The number of benzene rings is 2. The van der Waals surface area contributed by atoms with Crippen LogP contribution in [0.15, 0.2) is 59.6 Å². The fourth-order valence-corrected chi connectivity index (χ4v) is 3.18. The van der Waals surface area contributed by atoms with Gasteiger partial charge in [-0.05, 0) is 37.6 Å². The lowest BCUT2D eigenvalue weighted by Gasteiger charge is -2.19. The zero-order chi connectivity index (χ0) is 14.5. The second kappa shape index (κ2) is 6.68. The summed E-state index contributed by atoms with van der Waals surface area (Å²) in [6.45, 7) is 2.15. The van der Waals surface area contributed by atoms with Crippen molar-refractivity contribution in [2.24, 2.45) is 4.99 Å². The van der Waals surface area contributed by atoms with Gasteiger partial charge in [-0.3, -0.25) is 4.99 Å². The number of nitrogens with zero attached hydrogens (tertiary/aromatic N) is 1. The fourth-order valence-electron chi connectivity index (χ4n) is 2.09. The summed E-state index contributed by atoms with van der Waals surface area (Å²) in [5.41, 5.74) is 0.946. The minimum atomic E-state index is 0.385. The van der Waals surface area contributed by atoms with Gasteiger partial charge in [0, 0.05) is 5.75 Å². The topological polar surface area (TPSA) is 33.6 Å². The third-order valence-electron chi connectivity index (χ3n) is 3.21. The van der Waals surface area contributed by atoms with Crippen LogP contribution in [0.3, 0.4) is 0 Å². The number of rotatable bonds is 3. The van der Waals surface area contributed by atoms with Crippen molar-refractivity contribution in [2.75, 3.05) is 11.1 Å². The van der Waals surface area contributed by atoms with E-state index >= 15 is 0 Å². The molecular weight excluding hydrogens is 280 g/mol. The Morgan fingerprint density at radius 1 is 1.10 bits per heavy atom. The van der Waals surface area contributed by atoms with Crippen molar-refractivity contribution < 1.29 is 4.74 Å². The summed E-state index contributed by atoms with van der Waals surface area (Å²) >= 11 is 1.76. The normalized spacial score (nSPS) is 18.0. The number of hydrogen-bond donors (Lipinski definition) is 1. The first-order valence-corrected chi connectivity index (χ1v) is 8.09. The monoisotopic (exact) mass is 298 g/mol. The molecule has 0 aromatic heterocycles. The van der Waals surface area contributed by atoms with Crippen LogP contribution in [0, 0.1) is 0 Å². The summed E-state index contributed by atoms with van der Waals surface area (Å²) in [6.07, 6.45) is 1.14. The molecule has 0 aliphatic carbocycles. The van der Waals surface area contributed by atoms with E-state index in [1.54, 1.807) is 11.8 Å². The molecule has 0 fully saturated rings. The molecule has 3 nitrogen and oxygen atoms in total. The maximum absolute atomic E-state index is 5.95. The van der Waals surface area contributed by atoms with Gasteiger partial charge in [0.25, 0.3) is 0 Å². The maximum Gasteiger partial charge on any atom is 0.161 e. The van der Waals surface area contributed by atoms with Gasteiger partial charge in [0.15, 0.2) is 10.9 Å². The highest BCUT2D eigenvalue weighted by Crippen LogP contribution is 2.30. The van der Waals surface area contributed by atoms with Crippen molar-refractivity contribution >= 4 is 22.6 Å². The Hall–Kier alpha value is -1.94. The number of ether oxygens (including phenoxy) is 1. The molecule has 1 aliphatic heterocycles. The molecule has 21 heavy (non-hydrogen) atoms. The van der Waals surface area contributed by atoms with E-state index in [1.165, 1.54) is 0 Å². The highest BCUT2D eigenvalue weighted by molar-refractivity contribution is 8.14. The Balaban J connectivity index is 1.79. The number of anilines is 1. The smallest absolute Gasteiger partial charge is 0.161 e. The van der Waals surface area contributed by atoms with E-state index in [-0.39, 0.29) is 0 Å². The zero-order valence-electron chi connectivity index (χ0n) is 12.0. The number of nitrogens with one attached hydrogen (secondary N) is 1. The quantitative estimate of drug-likeness (QED) is 0.886. The summed E-state index contributed by atoms with van der Waals surface area (Å²) in [5, 5.41) is 4.36. The van der Waals surface area contributed by atoms with Crippen molar-refractivity contribution in [3.8, 4) is 11.5 Å². The molecule has 0 spiro atoms. The van der Waals surface area contributed by atoms with E-state index < -0.39 is 0 Å². The van der Waals surface area contributed by atoms with Crippen LogP contribution in [-0.4, -0.2) is 17.0 Å². The third-order valence-corrected chi connectivity index (χ3v) is 4.13. The summed E-state index contributed by atoms with van der Waals surface area (Å²) in [4.78, 5) is 4.64. The Morgan fingerprint density at radius 2 is 1.86 bits per heavy atom. The van der Waals surface area contributed by atoms with Crippen LogP contribution in [0.25, 0.3) is 0 Å². The SMILES string of the molecule is CC1CCSC(Nc2ccccc2Oc2ccccc2)=N1. The number of hydrogen-bond acceptors (Lipinski definition) is 4. The molecule has 1 heterocycles. The van der Waals surface area contributed by atoms with Gasteiger partial charge in [-0.1, -0.05) is 42.1 Å². The molecule has 0 bridgehead atoms. The highest BCUT2D eigenvalue weighted by Gasteiger charge is 2.13. The van der Waals surface area contributed by atoms with E-state index in [9.17, 15) is 0 Å². The van der Waals surface area contributed by atoms with Crippen LogP contribution in [0.5, 0.6) is 11.5 Å². The van der Waals surface area contributed by atoms with E-state index in [0.29, 0.717) is 6.04 Å². The number of thioether (sulfide) groups is 1. The molecule has 3 rings (SSSR count). The van der Waals surface area contributed by atoms with Gasteiger partial charge in [-0.2, -0.15) is 0 Å². The standard InChI is InChI=1S/C17H18N2OS/c1-13-11-12-21-17(18-13)19-15-9-5-6-10-16(15)20-14-7-3-2-4-8-14/h2-10,13H,11-12H2,1H3,(H,18,19). The van der Waals surface area contributed by atoms with Gasteiger partial charge in [-0.15, -0.1) is 0 Å². The van der Waals surface area contributed by atoms with E-state index in [4.69, 9.17) is 4.74 Å². The van der Waals surface area contributed by atoms with Gasteiger partial charge >= 0.3 is 0 Å². The van der Waals surface area contributed by atoms with Crippen LogP contribution in [0.2, 0.25) is 0 Å². The predicted molar refractivity (Wildman–Crippen MR) is 90.6 cm³/mol. The van der Waals surface area contributed by atoms with Gasteiger partial charge in [0.1, 0.15) is 5.75 Å². The summed E-state index contributed by atoms with van der Waals surface area (Å²) in [7, 11) is 0. The molecule has 1 atom stereocenters. The van der Waals surface area contributed by atoms with Gasteiger partial charge < -0.3 is 10.1 Å². The van der Waals surface area contributed by atoms with Gasteiger partial charge in [-0.25, -0.2) is 0 Å². The number of para-hydroxylation sites is 3. The lowest BCUT2D eigenvalue weighted by Crippen LogP contribution is -2.18. The number of aliphatic imine (C=N–C) groups is 1. The summed E-state index contributed by atoms with van der Waals surface area (Å²) in [5.74, 6) is 2.75. The lowest BCUT2D eigenvalue weighted by atomic mass is 10.3. The van der Waals surface area contributed by atoms with Gasteiger partial charge in [0.05, 0.1) is 11.7 Å². The summed E-state index contributed by atoms with van der Waals surface area (Å²) < 4.78 is 5.95. The molecule has 0 saturated heterocycles. The van der Waals surface area contributed by atoms with Crippen LogP contribution in [0.4, 0.5) is 5.69 Å². The second-order valence-corrected chi connectivity index (χ2v) is 6.04. The maximum atomic E-state index is 5.95. The molecule has 2 aromatic rings. The second-order valence-electron chi connectivity index (χ2n) is 4.96. The highest BCUT2D eigenvalue weighted by atomic mass is 32.2. The van der Waals surface area contributed by atoms with E-state index in [1.807, 2.05) is 54.6 Å². The van der Waals surface area contributed by atoms with Crippen molar-refractivity contribution in [1.29, 1.82) is 0 Å². The molecular formula is C17H18N2OS. The third kappa shape index (κ3) is 3.79. The molecule has 4 heteroatoms. The predicted octanol–water partition coefficient (Wildman–Crippen LogP) is 4.77. The fraction of sp³-hybridized carbons (Fsp3) is 0.235. The molecule has 108 valence electrons. The first kappa shape index (κ1) is 14.0. The van der Waals surface area contributed by atoms with E-state index in [0.717, 1.165) is 34.5 Å². The van der Waals surface area contributed by atoms with Gasteiger partial charge in [0.2, 0.25) is 0 Å². The first-order chi connectivity index (χ1) is 10.3. The molecule has 0 radical (unpaired) electrons. The van der Waals surface area contributed by atoms with Crippen molar-refractivity contribution in [1.82, 2.24) is 0 Å². The Bertz CT molecular complexity index is 628. The van der Waals surface area contributed by atoms with Crippen LogP contribution in [0.1, 0.15) is 13.3 Å². The molecule has 2 aromatic carbocycles. The molecule has 0 amide bonds. The average Bonchev–Trinajstić information content (AvgIpc) is 2.50. The number of amidine groups is 1. The van der Waals surface area contributed by atoms with Crippen LogP contribution in [-0.2, 0) is 0 Å². The molecule has 1 N–H and O–H groups in total. The minimum absolute atomic E-state index is 0.385.